The van der Waals surface area contributed by atoms with Crippen LogP contribution in [0.2, 0.25) is 0 Å². The third-order valence-corrected chi connectivity index (χ3v) is 12.0. The number of hydrogen-bond acceptors (Lipinski definition) is 5. The Labute approximate surface area is 359 Å². The molecule has 7 aromatic carbocycles. The van der Waals surface area contributed by atoms with Gasteiger partial charge < -0.3 is 4.42 Å². The normalized spacial score (nSPS) is 12.2. The van der Waals surface area contributed by atoms with E-state index in [1.807, 2.05) is 49.4 Å². The third-order valence-electron chi connectivity index (χ3n) is 12.0. The van der Waals surface area contributed by atoms with Crippen molar-refractivity contribution in [2.75, 3.05) is 0 Å². The molecule has 0 bridgehead atoms. The van der Waals surface area contributed by atoms with Gasteiger partial charge in [0.2, 0.25) is 17.4 Å². The molecule has 10 nitrogen and oxygen atoms in total. The number of rotatable bonds is 7. The van der Waals surface area contributed by atoms with E-state index < -0.39 is 0 Å². The predicted molar refractivity (Wildman–Crippen MR) is 253 cm³/mol. The van der Waals surface area contributed by atoms with Crippen molar-refractivity contribution in [3.05, 3.63) is 188 Å². The lowest BCUT2D eigenvalue weighted by atomic mass is 10.1. The third kappa shape index (κ3) is 5.12. The molecule has 0 saturated heterocycles. The first-order valence-corrected chi connectivity index (χ1v) is 20.9. The molecule has 0 fully saturated rings. The Hall–Kier alpha value is -8.76. The molecular weight excluding hydrogens is 779 g/mol. The summed E-state index contributed by atoms with van der Waals surface area (Å²) in [5.41, 5.74) is 16.2. The lowest BCUT2D eigenvalue weighted by Gasteiger charge is -2.11. The Morgan fingerprint density at radius 1 is 0.476 bits per heavy atom. The first-order valence-electron chi connectivity index (χ1n) is 20.9. The van der Waals surface area contributed by atoms with Gasteiger partial charge in [0.1, 0.15) is 11.3 Å². The Morgan fingerprint density at radius 2 is 1.06 bits per heavy atom. The van der Waals surface area contributed by atoms with Gasteiger partial charge in [-0.2, -0.15) is 0 Å². The molecule has 13 aromatic rings. The zero-order chi connectivity index (χ0) is 41.8. The van der Waals surface area contributed by atoms with E-state index in [-0.39, 0.29) is 0 Å². The van der Waals surface area contributed by atoms with Gasteiger partial charge in [0.15, 0.2) is 5.58 Å². The van der Waals surface area contributed by atoms with Crippen LogP contribution in [0.4, 0.5) is 0 Å². The number of nitrogens with zero attached hydrogens (tertiary/aromatic N) is 9. The quantitative estimate of drug-likeness (QED) is 0.160. The summed E-state index contributed by atoms with van der Waals surface area (Å²) in [6.07, 6.45) is 5.94. The van der Waals surface area contributed by atoms with E-state index in [2.05, 4.69) is 169 Å². The molecule has 0 N–H and O–H groups in total. The van der Waals surface area contributed by atoms with E-state index in [4.69, 9.17) is 24.4 Å². The van der Waals surface area contributed by atoms with E-state index in [0.29, 0.717) is 11.5 Å². The fourth-order valence-electron chi connectivity index (χ4n) is 9.27. The maximum Gasteiger partial charge on any atom is 0.227 e. The molecule has 0 aliphatic carbocycles. The van der Waals surface area contributed by atoms with Gasteiger partial charge in [-0.1, -0.05) is 67.3 Å². The van der Waals surface area contributed by atoms with Crippen molar-refractivity contribution in [3.63, 3.8) is 0 Å². The summed E-state index contributed by atoms with van der Waals surface area (Å²) >= 11 is 0. The second-order valence-corrected chi connectivity index (χ2v) is 15.6. The van der Waals surface area contributed by atoms with Crippen LogP contribution in [-0.4, -0.2) is 42.4 Å². The van der Waals surface area contributed by atoms with Gasteiger partial charge in [0.05, 0.1) is 55.5 Å². The minimum Gasteiger partial charge on any atom is -0.436 e. The zero-order valence-corrected chi connectivity index (χ0v) is 34.0. The summed E-state index contributed by atoms with van der Waals surface area (Å²) in [6, 6.07) is 56.3. The average Bonchev–Trinajstić information content (AvgIpc) is 4.18. The molecule has 0 amide bonds. The highest BCUT2D eigenvalue weighted by atomic mass is 16.3. The van der Waals surface area contributed by atoms with Crippen LogP contribution in [0.1, 0.15) is 18.3 Å². The van der Waals surface area contributed by atoms with Crippen LogP contribution in [0.3, 0.4) is 0 Å². The second kappa shape index (κ2) is 13.4. The molecule has 63 heavy (non-hydrogen) atoms. The predicted octanol–water partition coefficient (Wildman–Crippen LogP) is 12.5. The summed E-state index contributed by atoms with van der Waals surface area (Å²) < 4.78 is 17.5. The van der Waals surface area contributed by atoms with E-state index in [1.54, 1.807) is 0 Å². The Kier molecular flexibility index (Phi) is 7.44. The zero-order valence-electron chi connectivity index (χ0n) is 34.0. The Balaban J connectivity index is 0.895. The molecule has 0 atom stereocenters. The van der Waals surface area contributed by atoms with Crippen LogP contribution in [0.5, 0.6) is 0 Å². The smallest absolute Gasteiger partial charge is 0.227 e. The maximum absolute atomic E-state index is 6.49. The second-order valence-electron chi connectivity index (χ2n) is 15.6. The van der Waals surface area contributed by atoms with Gasteiger partial charge in [-0.3, -0.25) is 22.5 Å². The van der Waals surface area contributed by atoms with Gasteiger partial charge in [0, 0.05) is 34.3 Å². The molecule has 0 aliphatic heterocycles. The molecule has 0 saturated carbocycles. The summed E-state index contributed by atoms with van der Waals surface area (Å²) in [7, 11) is 0. The van der Waals surface area contributed by atoms with E-state index in [1.165, 1.54) is 0 Å². The van der Waals surface area contributed by atoms with Gasteiger partial charge in [0.25, 0.3) is 0 Å². The Morgan fingerprint density at radius 3 is 1.75 bits per heavy atom. The molecule has 6 aromatic heterocycles. The molecular formula is C53H35N9O. The van der Waals surface area contributed by atoms with Crippen LogP contribution >= 0.6 is 0 Å². The first-order chi connectivity index (χ1) is 31.1. The SMILES string of the molecule is C=Cc1nc2n(-c3ccc(-c4nc5cc6oc(-c7ccc(-n8c9ccccc9n9c%10ccccc%10nc89)cc7)nc6cc5n4-c4ccccc4)cc3)c3ccccc3n2c1/C=C\C. The largest absolute Gasteiger partial charge is 0.436 e. The van der Waals surface area contributed by atoms with E-state index in [9.17, 15) is 0 Å². The molecule has 0 aliphatic rings. The highest BCUT2D eigenvalue weighted by Crippen LogP contribution is 2.36. The van der Waals surface area contributed by atoms with Crippen molar-refractivity contribution in [3.8, 4) is 39.9 Å². The molecule has 13 rings (SSSR count). The van der Waals surface area contributed by atoms with Crippen molar-refractivity contribution in [1.29, 1.82) is 0 Å². The number of aromatic nitrogens is 9. The topological polar surface area (TPSA) is 88.3 Å². The van der Waals surface area contributed by atoms with Crippen LogP contribution in [0.25, 0.3) is 119 Å². The maximum atomic E-state index is 6.49. The van der Waals surface area contributed by atoms with Gasteiger partial charge in [-0.05, 0) is 122 Å². The monoisotopic (exact) mass is 813 g/mol. The number of oxazole rings is 1. The lowest BCUT2D eigenvalue weighted by Crippen LogP contribution is -1.99. The van der Waals surface area contributed by atoms with Crippen molar-refractivity contribution in [2.24, 2.45) is 0 Å². The molecule has 0 spiro atoms. The minimum atomic E-state index is 0.544. The summed E-state index contributed by atoms with van der Waals surface area (Å²) in [6.45, 7) is 6.07. The highest BCUT2D eigenvalue weighted by molar-refractivity contribution is 5.95. The fourth-order valence-corrected chi connectivity index (χ4v) is 9.27. The molecule has 0 radical (unpaired) electrons. The summed E-state index contributed by atoms with van der Waals surface area (Å²) in [5.74, 6) is 3.05. The van der Waals surface area contributed by atoms with Crippen LogP contribution in [0, 0.1) is 0 Å². The molecule has 0 unspecified atom stereocenters. The number of allylic oxidation sites excluding steroid dienone is 1. The lowest BCUT2D eigenvalue weighted by molar-refractivity contribution is 0.620. The van der Waals surface area contributed by atoms with Crippen molar-refractivity contribution < 1.29 is 4.42 Å². The standard InChI is InChI=1S/C53H35N9O/c1-3-14-42-38(4-2)56-52-59(44-19-10-12-21-46(44)61(42)52)36-27-23-33(24-28-36)50-54-40-32-49-41(31-48(40)58(50)35-15-6-5-7-16-35)55-51(63-49)34-25-29-37(30-26-34)60-45-20-11-13-22-47(45)62-43-18-9-8-17-39(43)57-53(60)62/h3-32H,2H2,1H3/b14-3-. The first kappa shape index (κ1) is 35.0. The summed E-state index contributed by atoms with van der Waals surface area (Å²) in [5, 5.41) is 0. The van der Waals surface area contributed by atoms with Crippen molar-refractivity contribution >= 4 is 78.9 Å². The van der Waals surface area contributed by atoms with Crippen molar-refractivity contribution in [1.82, 2.24) is 42.4 Å². The van der Waals surface area contributed by atoms with E-state index >= 15 is 0 Å². The number of imidazole rings is 5. The van der Waals surface area contributed by atoms with Crippen LogP contribution in [0.15, 0.2) is 181 Å². The van der Waals surface area contributed by atoms with Crippen LogP contribution < -0.4 is 0 Å². The van der Waals surface area contributed by atoms with Crippen LogP contribution in [-0.2, 0) is 0 Å². The van der Waals surface area contributed by atoms with Gasteiger partial charge in [-0.25, -0.2) is 19.9 Å². The van der Waals surface area contributed by atoms with Gasteiger partial charge in [-0.15, -0.1) is 0 Å². The highest BCUT2D eigenvalue weighted by Gasteiger charge is 2.22. The molecule has 10 heteroatoms. The number of fused-ring (bicyclic) bond motifs is 10. The minimum absolute atomic E-state index is 0.544. The average molecular weight is 814 g/mol. The molecule has 6 heterocycles. The Bertz CT molecular complexity index is 3980. The number of hydrogen-bond donors (Lipinski definition) is 0. The van der Waals surface area contributed by atoms with Gasteiger partial charge >= 0.3 is 0 Å². The summed E-state index contributed by atoms with van der Waals surface area (Å²) in [4.78, 5) is 20.4. The number of benzene rings is 7. The fraction of sp³-hybridized carbons (Fsp3) is 0.0189. The van der Waals surface area contributed by atoms with E-state index in [0.717, 1.165) is 107 Å². The number of para-hydroxylation sites is 7. The van der Waals surface area contributed by atoms with Crippen molar-refractivity contribution in [2.45, 2.75) is 6.92 Å². The molecule has 298 valence electrons.